The number of fused-ring (bicyclic) bond motifs is 1. The number of thioether (sulfide) groups is 1. The second kappa shape index (κ2) is 4.93. The zero-order chi connectivity index (χ0) is 14.5. The first kappa shape index (κ1) is 14.2. The van der Waals surface area contributed by atoms with Crippen molar-refractivity contribution in [3.05, 3.63) is 0 Å². The van der Waals surface area contributed by atoms with Crippen molar-refractivity contribution in [2.75, 3.05) is 12.3 Å². The fourth-order valence-electron chi connectivity index (χ4n) is 3.39. The fourth-order valence-corrected chi connectivity index (χ4v) is 4.82. The lowest BCUT2D eigenvalue weighted by molar-refractivity contribution is -0.144. The lowest BCUT2D eigenvalue weighted by Crippen LogP contribution is -2.52. The molecule has 0 radical (unpaired) electrons. The van der Waals surface area contributed by atoms with Gasteiger partial charge in [-0.2, -0.15) is 0 Å². The van der Waals surface area contributed by atoms with E-state index in [2.05, 4.69) is 20.8 Å². The zero-order valence-electron chi connectivity index (χ0n) is 12.6. The molecule has 2 atom stereocenters. The Hall–Kier alpha value is -0.710. The molecule has 1 aliphatic carbocycles. The van der Waals surface area contributed by atoms with Crippen LogP contribution in [0.5, 0.6) is 0 Å². The van der Waals surface area contributed by atoms with E-state index in [1.165, 1.54) is 0 Å². The molecule has 3 aliphatic rings. The molecular weight excluding hydrogens is 272 g/mol. The summed E-state index contributed by atoms with van der Waals surface area (Å²) < 4.78 is 0. The van der Waals surface area contributed by atoms with Crippen molar-refractivity contribution in [1.82, 2.24) is 9.80 Å². The first-order chi connectivity index (χ1) is 9.42. The monoisotopic (exact) mass is 296 g/mol. The molecule has 2 saturated heterocycles. The summed E-state index contributed by atoms with van der Waals surface area (Å²) in [5.41, 5.74) is 0. The van der Waals surface area contributed by atoms with Crippen LogP contribution in [0, 0.1) is 5.92 Å². The zero-order valence-corrected chi connectivity index (χ0v) is 13.4. The number of nitrogens with zero attached hydrogens (tertiary/aromatic N) is 2. The van der Waals surface area contributed by atoms with Crippen LogP contribution in [0.3, 0.4) is 0 Å². The quantitative estimate of drug-likeness (QED) is 0.797. The molecule has 0 unspecified atom stereocenters. The number of hydrogen-bond donors (Lipinski definition) is 0. The van der Waals surface area contributed by atoms with Crippen molar-refractivity contribution in [1.29, 1.82) is 0 Å². The molecule has 5 heteroatoms. The highest BCUT2D eigenvalue weighted by Gasteiger charge is 2.54. The van der Waals surface area contributed by atoms with Gasteiger partial charge in [0.05, 0.1) is 4.87 Å². The molecule has 2 amide bonds. The molecule has 20 heavy (non-hydrogen) atoms. The lowest BCUT2D eigenvalue weighted by atomic mass is 10.1. The van der Waals surface area contributed by atoms with E-state index in [1.54, 1.807) is 11.8 Å². The summed E-state index contributed by atoms with van der Waals surface area (Å²) in [6.45, 7) is 7.23. The summed E-state index contributed by atoms with van der Waals surface area (Å²) in [5, 5.41) is 0. The van der Waals surface area contributed by atoms with Crippen LogP contribution in [-0.2, 0) is 9.59 Å². The van der Waals surface area contributed by atoms with E-state index in [9.17, 15) is 9.59 Å². The van der Waals surface area contributed by atoms with Gasteiger partial charge in [-0.1, -0.05) is 13.8 Å². The molecule has 0 aromatic heterocycles. The topological polar surface area (TPSA) is 40.6 Å². The molecule has 0 aromatic carbocycles. The van der Waals surface area contributed by atoms with Crippen LogP contribution in [0.2, 0.25) is 0 Å². The Bertz CT molecular complexity index is 436. The second-order valence-electron chi connectivity index (χ2n) is 6.88. The van der Waals surface area contributed by atoms with Gasteiger partial charge in [-0.05, 0) is 32.1 Å². The molecular formula is C15H24N2O2S. The molecule has 2 heterocycles. The predicted octanol–water partition coefficient (Wildman–Crippen LogP) is 2.09. The summed E-state index contributed by atoms with van der Waals surface area (Å²) in [7, 11) is 0. The molecule has 3 rings (SSSR count). The number of carbonyl (C=O) groups excluding carboxylic acids is 2. The van der Waals surface area contributed by atoms with Gasteiger partial charge in [0.15, 0.2) is 0 Å². The SMILES string of the molecule is CC(C)CN(C(=O)[C@H]1CS[C@]2(C)CCC(=O)N12)C1CC1. The normalized spacial score (nSPS) is 32.9. The average molecular weight is 296 g/mol. The van der Waals surface area contributed by atoms with E-state index in [-0.39, 0.29) is 22.7 Å². The van der Waals surface area contributed by atoms with Crippen LogP contribution in [0.1, 0.15) is 46.5 Å². The standard InChI is InChI=1S/C15H24N2O2S/c1-10(2)8-16(11-4-5-11)14(19)12-9-20-15(3)7-6-13(18)17(12)15/h10-12H,4-9H2,1-3H3/t12-,15-/m1/s1. The van der Waals surface area contributed by atoms with Crippen molar-refractivity contribution in [2.24, 2.45) is 5.92 Å². The highest BCUT2D eigenvalue weighted by atomic mass is 32.2. The summed E-state index contributed by atoms with van der Waals surface area (Å²) >= 11 is 1.78. The third-order valence-electron chi connectivity index (χ3n) is 4.56. The summed E-state index contributed by atoms with van der Waals surface area (Å²) in [5.74, 6) is 1.60. The van der Waals surface area contributed by atoms with Gasteiger partial charge in [-0.15, -0.1) is 11.8 Å². The van der Waals surface area contributed by atoms with Gasteiger partial charge >= 0.3 is 0 Å². The number of rotatable bonds is 4. The Morgan fingerprint density at radius 2 is 2.20 bits per heavy atom. The maximum absolute atomic E-state index is 12.9. The van der Waals surface area contributed by atoms with Gasteiger partial charge in [-0.25, -0.2) is 0 Å². The highest BCUT2D eigenvalue weighted by molar-refractivity contribution is 8.01. The summed E-state index contributed by atoms with van der Waals surface area (Å²) in [6.07, 6.45) is 3.74. The predicted molar refractivity (Wildman–Crippen MR) is 80.3 cm³/mol. The molecule has 0 aromatic rings. The third kappa shape index (κ3) is 2.34. The van der Waals surface area contributed by atoms with Crippen molar-refractivity contribution >= 4 is 23.6 Å². The molecule has 0 N–H and O–H groups in total. The van der Waals surface area contributed by atoms with Crippen molar-refractivity contribution in [3.8, 4) is 0 Å². The van der Waals surface area contributed by atoms with E-state index in [1.807, 2.05) is 9.80 Å². The first-order valence-corrected chi connectivity index (χ1v) is 8.67. The van der Waals surface area contributed by atoms with Crippen LogP contribution in [0.15, 0.2) is 0 Å². The minimum atomic E-state index is -0.223. The van der Waals surface area contributed by atoms with Gasteiger partial charge in [0.1, 0.15) is 6.04 Å². The molecule has 2 aliphatic heterocycles. The van der Waals surface area contributed by atoms with E-state index < -0.39 is 0 Å². The molecule has 112 valence electrons. The number of amides is 2. The van der Waals surface area contributed by atoms with Gasteiger partial charge in [0.2, 0.25) is 11.8 Å². The van der Waals surface area contributed by atoms with Gasteiger partial charge in [0.25, 0.3) is 0 Å². The highest BCUT2D eigenvalue weighted by Crippen LogP contribution is 2.48. The van der Waals surface area contributed by atoms with Crippen LogP contribution >= 0.6 is 11.8 Å². The minimum Gasteiger partial charge on any atom is -0.338 e. The summed E-state index contributed by atoms with van der Waals surface area (Å²) in [6, 6.07) is 0.207. The molecule has 0 spiro atoms. The van der Waals surface area contributed by atoms with Crippen molar-refractivity contribution in [2.45, 2.75) is 63.4 Å². The van der Waals surface area contributed by atoms with Crippen LogP contribution in [0.4, 0.5) is 0 Å². The lowest BCUT2D eigenvalue weighted by Gasteiger charge is -2.34. The Balaban J connectivity index is 1.77. The Kier molecular flexibility index (Phi) is 3.51. The van der Waals surface area contributed by atoms with E-state index >= 15 is 0 Å². The van der Waals surface area contributed by atoms with Crippen molar-refractivity contribution < 1.29 is 9.59 Å². The van der Waals surface area contributed by atoms with E-state index in [0.717, 1.165) is 31.6 Å². The van der Waals surface area contributed by atoms with E-state index in [4.69, 9.17) is 0 Å². The summed E-state index contributed by atoms with van der Waals surface area (Å²) in [4.78, 5) is 28.9. The first-order valence-electron chi connectivity index (χ1n) is 7.69. The van der Waals surface area contributed by atoms with E-state index in [0.29, 0.717) is 18.4 Å². The molecule has 4 nitrogen and oxygen atoms in total. The largest absolute Gasteiger partial charge is 0.338 e. The molecule has 0 bridgehead atoms. The average Bonchev–Trinajstić information content (AvgIpc) is 3.10. The van der Waals surface area contributed by atoms with Crippen LogP contribution in [-0.4, -0.2) is 50.9 Å². The smallest absolute Gasteiger partial charge is 0.246 e. The van der Waals surface area contributed by atoms with Crippen molar-refractivity contribution in [3.63, 3.8) is 0 Å². The Labute approximate surface area is 125 Å². The minimum absolute atomic E-state index is 0.134. The number of hydrogen-bond acceptors (Lipinski definition) is 3. The maximum Gasteiger partial charge on any atom is 0.246 e. The van der Waals surface area contributed by atoms with Gasteiger partial charge in [0, 0.05) is 24.8 Å². The Morgan fingerprint density at radius 3 is 2.80 bits per heavy atom. The van der Waals surface area contributed by atoms with Gasteiger partial charge < -0.3 is 9.80 Å². The number of carbonyl (C=O) groups is 2. The molecule has 1 saturated carbocycles. The van der Waals surface area contributed by atoms with Crippen LogP contribution in [0.25, 0.3) is 0 Å². The van der Waals surface area contributed by atoms with Gasteiger partial charge in [-0.3, -0.25) is 9.59 Å². The third-order valence-corrected chi connectivity index (χ3v) is 6.07. The molecule has 3 fully saturated rings. The Morgan fingerprint density at radius 1 is 1.50 bits per heavy atom. The van der Waals surface area contributed by atoms with Crippen LogP contribution < -0.4 is 0 Å². The second-order valence-corrected chi connectivity index (χ2v) is 8.38. The fraction of sp³-hybridized carbons (Fsp3) is 0.867. The maximum atomic E-state index is 12.9.